The summed E-state index contributed by atoms with van der Waals surface area (Å²) in [5, 5.41) is -0.728. The molecule has 1 fully saturated rings. The van der Waals surface area contributed by atoms with Crippen molar-refractivity contribution in [2.75, 3.05) is 24.3 Å². The van der Waals surface area contributed by atoms with Crippen molar-refractivity contribution < 1.29 is 13.2 Å². The van der Waals surface area contributed by atoms with Gasteiger partial charge in [-0.15, -0.1) is 0 Å². The molecule has 1 aliphatic rings. The number of carbonyl (C=O) groups excluding carboxylic acids is 1. The van der Waals surface area contributed by atoms with E-state index in [0.29, 0.717) is 17.9 Å². The molecular weight excluding hydrogens is 362 g/mol. The SMILES string of the molecule is Cc1ccc(C(=O)N2CCSCC2S(C)(=O)=O)cc1Br. The quantitative estimate of drug-likeness (QED) is 0.793. The summed E-state index contributed by atoms with van der Waals surface area (Å²) in [6, 6.07) is 5.34. The zero-order valence-corrected chi connectivity index (χ0v) is 14.5. The van der Waals surface area contributed by atoms with Crippen molar-refractivity contribution in [2.24, 2.45) is 0 Å². The van der Waals surface area contributed by atoms with Crippen molar-refractivity contribution in [2.45, 2.75) is 12.3 Å². The minimum absolute atomic E-state index is 0.221. The molecule has 7 heteroatoms. The summed E-state index contributed by atoms with van der Waals surface area (Å²) >= 11 is 4.97. The van der Waals surface area contributed by atoms with Gasteiger partial charge in [0.25, 0.3) is 5.91 Å². The zero-order valence-electron chi connectivity index (χ0n) is 11.3. The van der Waals surface area contributed by atoms with Gasteiger partial charge in [0, 0.05) is 34.3 Å². The van der Waals surface area contributed by atoms with Crippen LogP contribution in [0.5, 0.6) is 0 Å². The number of aryl methyl sites for hydroxylation is 1. The normalized spacial score (nSPS) is 19.9. The summed E-state index contributed by atoms with van der Waals surface area (Å²) < 4.78 is 24.5. The first-order valence-electron chi connectivity index (χ1n) is 6.14. The molecule has 0 aromatic heterocycles. The Morgan fingerprint density at radius 1 is 1.45 bits per heavy atom. The number of hydrogen-bond donors (Lipinski definition) is 0. The Morgan fingerprint density at radius 3 is 2.75 bits per heavy atom. The molecule has 0 aliphatic carbocycles. The monoisotopic (exact) mass is 377 g/mol. The van der Waals surface area contributed by atoms with E-state index < -0.39 is 15.2 Å². The number of carbonyl (C=O) groups is 1. The third kappa shape index (κ3) is 3.38. The Balaban J connectivity index is 2.32. The Labute approximate surface area is 132 Å². The first-order valence-corrected chi connectivity index (χ1v) is 10.0. The highest BCUT2D eigenvalue weighted by Gasteiger charge is 2.34. The largest absolute Gasteiger partial charge is 0.320 e. The third-order valence-electron chi connectivity index (χ3n) is 3.26. The van der Waals surface area contributed by atoms with E-state index in [9.17, 15) is 13.2 Å². The van der Waals surface area contributed by atoms with Crippen molar-refractivity contribution in [3.8, 4) is 0 Å². The Kier molecular flexibility index (Phi) is 4.81. The van der Waals surface area contributed by atoms with Gasteiger partial charge in [0.05, 0.1) is 0 Å². The number of nitrogens with zero attached hydrogens (tertiary/aromatic N) is 1. The summed E-state index contributed by atoms with van der Waals surface area (Å²) in [4.78, 5) is 14.0. The van der Waals surface area contributed by atoms with Gasteiger partial charge in [-0.3, -0.25) is 4.79 Å². The zero-order chi connectivity index (χ0) is 14.9. The van der Waals surface area contributed by atoms with Crippen LogP contribution in [0.25, 0.3) is 0 Å². The highest BCUT2D eigenvalue weighted by atomic mass is 79.9. The molecule has 1 atom stereocenters. The van der Waals surface area contributed by atoms with E-state index in [2.05, 4.69) is 15.9 Å². The fourth-order valence-electron chi connectivity index (χ4n) is 2.06. The third-order valence-corrected chi connectivity index (χ3v) is 6.76. The Morgan fingerprint density at radius 2 is 2.15 bits per heavy atom. The van der Waals surface area contributed by atoms with Crippen LogP contribution in [0.3, 0.4) is 0 Å². The van der Waals surface area contributed by atoms with Crippen molar-refractivity contribution >= 4 is 43.4 Å². The van der Waals surface area contributed by atoms with Gasteiger partial charge in [0.15, 0.2) is 9.84 Å². The van der Waals surface area contributed by atoms with Crippen LogP contribution in [0.15, 0.2) is 22.7 Å². The molecule has 110 valence electrons. The lowest BCUT2D eigenvalue weighted by Gasteiger charge is -2.34. The van der Waals surface area contributed by atoms with E-state index in [1.807, 2.05) is 13.0 Å². The molecule has 1 heterocycles. The van der Waals surface area contributed by atoms with Crippen LogP contribution in [0.1, 0.15) is 15.9 Å². The van der Waals surface area contributed by atoms with E-state index in [1.54, 1.807) is 23.9 Å². The molecule has 1 aromatic carbocycles. The van der Waals surface area contributed by atoms with E-state index in [4.69, 9.17) is 0 Å². The van der Waals surface area contributed by atoms with Crippen molar-refractivity contribution in [1.82, 2.24) is 4.90 Å². The van der Waals surface area contributed by atoms with Gasteiger partial charge in [-0.05, 0) is 24.6 Å². The molecule has 1 unspecified atom stereocenters. The van der Waals surface area contributed by atoms with Gasteiger partial charge in [-0.1, -0.05) is 22.0 Å². The average molecular weight is 378 g/mol. The van der Waals surface area contributed by atoms with Gasteiger partial charge < -0.3 is 4.90 Å². The minimum atomic E-state index is -3.27. The summed E-state index contributed by atoms with van der Waals surface area (Å²) in [6.45, 7) is 2.40. The lowest BCUT2D eigenvalue weighted by molar-refractivity contribution is 0.0749. The predicted molar refractivity (Wildman–Crippen MR) is 85.9 cm³/mol. The van der Waals surface area contributed by atoms with Crippen molar-refractivity contribution in [3.63, 3.8) is 0 Å². The number of halogens is 1. The lowest BCUT2D eigenvalue weighted by Crippen LogP contribution is -2.49. The molecule has 1 saturated heterocycles. The molecule has 1 aromatic rings. The maximum Gasteiger partial charge on any atom is 0.255 e. The Bertz CT molecular complexity index is 631. The summed E-state index contributed by atoms with van der Waals surface area (Å²) in [5.74, 6) is 0.990. The molecule has 0 saturated carbocycles. The molecule has 4 nitrogen and oxygen atoms in total. The molecular formula is C13H16BrNO3S2. The van der Waals surface area contributed by atoms with Crippen LogP contribution in [0.2, 0.25) is 0 Å². The number of rotatable bonds is 2. The molecule has 0 radical (unpaired) electrons. The molecule has 2 rings (SSSR count). The van der Waals surface area contributed by atoms with Crippen LogP contribution in [0, 0.1) is 6.92 Å². The van der Waals surface area contributed by atoms with Gasteiger partial charge in [0.1, 0.15) is 5.37 Å². The van der Waals surface area contributed by atoms with E-state index in [-0.39, 0.29) is 5.91 Å². The number of benzene rings is 1. The van der Waals surface area contributed by atoms with Gasteiger partial charge in [0.2, 0.25) is 0 Å². The highest BCUT2D eigenvalue weighted by molar-refractivity contribution is 9.10. The number of amides is 1. The standard InChI is InChI=1S/C13H16BrNO3S2/c1-9-3-4-10(7-11(9)14)13(16)15-5-6-19-8-12(15)20(2,17)18/h3-4,7,12H,5-6,8H2,1-2H3. The maximum atomic E-state index is 12.6. The Hall–Kier alpha value is -0.530. The topological polar surface area (TPSA) is 54.5 Å². The predicted octanol–water partition coefficient (Wildman–Crippen LogP) is 2.32. The second-order valence-electron chi connectivity index (χ2n) is 4.82. The first kappa shape index (κ1) is 15.9. The van der Waals surface area contributed by atoms with Crippen LogP contribution >= 0.6 is 27.7 Å². The molecule has 0 bridgehead atoms. The molecule has 0 N–H and O–H groups in total. The second kappa shape index (κ2) is 6.07. The fraction of sp³-hybridized carbons (Fsp3) is 0.462. The smallest absolute Gasteiger partial charge is 0.255 e. The van der Waals surface area contributed by atoms with E-state index in [1.165, 1.54) is 11.2 Å². The molecule has 20 heavy (non-hydrogen) atoms. The molecule has 1 aliphatic heterocycles. The van der Waals surface area contributed by atoms with Crippen LogP contribution in [-0.2, 0) is 9.84 Å². The molecule has 1 amide bonds. The van der Waals surface area contributed by atoms with Gasteiger partial charge >= 0.3 is 0 Å². The summed E-state index contributed by atoms with van der Waals surface area (Å²) in [7, 11) is -3.27. The molecule has 0 spiro atoms. The van der Waals surface area contributed by atoms with Gasteiger partial charge in [-0.2, -0.15) is 11.8 Å². The van der Waals surface area contributed by atoms with Crippen molar-refractivity contribution in [1.29, 1.82) is 0 Å². The number of hydrogen-bond acceptors (Lipinski definition) is 4. The lowest BCUT2D eigenvalue weighted by atomic mass is 10.1. The fourth-order valence-corrected chi connectivity index (χ4v) is 5.25. The van der Waals surface area contributed by atoms with Crippen LogP contribution in [0.4, 0.5) is 0 Å². The average Bonchev–Trinajstić information content (AvgIpc) is 2.40. The maximum absolute atomic E-state index is 12.6. The van der Waals surface area contributed by atoms with E-state index >= 15 is 0 Å². The van der Waals surface area contributed by atoms with E-state index in [0.717, 1.165) is 15.8 Å². The van der Waals surface area contributed by atoms with Crippen LogP contribution < -0.4 is 0 Å². The number of sulfone groups is 1. The minimum Gasteiger partial charge on any atom is -0.320 e. The number of thioether (sulfide) groups is 1. The van der Waals surface area contributed by atoms with Crippen LogP contribution in [-0.4, -0.2) is 48.9 Å². The second-order valence-corrected chi connectivity index (χ2v) is 9.03. The van der Waals surface area contributed by atoms with Crippen molar-refractivity contribution in [3.05, 3.63) is 33.8 Å². The first-order chi connectivity index (χ1) is 9.30. The summed E-state index contributed by atoms with van der Waals surface area (Å²) in [5.41, 5.74) is 1.55. The van der Waals surface area contributed by atoms with Gasteiger partial charge in [-0.25, -0.2) is 8.42 Å². The highest BCUT2D eigenvalue weighted by Crippen LogP contribution is 2.24. The summed E-state index contributed by atoms with van der Waals surface area (Å²) in [6.07, 6.45) is 1.19.